The van der Waals surface area contributed by atoms with Gasteiger partial charge in [0.2, 0.25) is 0 Å². The average Bonchev–Trinajstić information content (AvgIpc) is 3.10. The summed E-state index contributed by atoms with van der Waals surface area (Å²) in [5.41, 5.74) is 3.99. The molecule has 0 radical (unpaired) electrons. The molecular formula is C25H27FN2O3. The van der Waals surface area contributed by atoms with Crippen LogP contribution in [0.5, 0.6) is 5.75 Å². The van der Waals surface area contributed by atoms with Gasteiger partial charge in [0.25, 0.3) is 5.91 Å². The van der Waals surface area contributed by atoms with Gasteiger partial charge in [0.1, 0.15) is 11.6 Å². The van der Waals surface area contributed by atoms with E-state index in [-0.39, 0.29) is 23.9 Å². The number of benzene rings is 2. The molecule has 2 aromatic carbocycles. The molecule has 0 saturated carbocycles. The van der Waals surface area contributed by atoms with Crippen LogP contribution < -0.4 is 4.74 Å². The van der Waals surface area contributed by atoms with Crippen LogP contribution in [0.3, 0.4) is 0 Å². The minimum Gasteiger partial charge on any atom is -0.497 e. The monoisotopic (exact) mass is 422 g/mol. The van der Waals surface area contributed by atoms with Gasteiger partial charge in [-0.15, -0.1) is 0 Å². The van der Waals surface area contributed by atoms with Gasteiger partial charge in [-0.3, -0.25) is 4.79 Å². The van der Waals surface area contributed by atoms with Crippen LogP contribution in [0.1, 0.15) is 29.9 Å². The van der Waals surface area contributed by atoms with Gasteiger partial charge in [0.05, 0.1) is 30.6 Å². The van der Waals surface area contributed by atoms with E-state index in [4.69, 9.17) is 9.47 Å². The Bertz CT molecular complexity index is 1080. The summed E-state index contributed by atoms with van der Waals surface area (Å²) in [5.74, 6) is 0.402. The zero-order valence-corrected chi connectivity index (χ0v) is 18.3. The molecule has 2 atom stereocenters. The summed E-state index contributed by atoms with van der Waals surface area (Å²) in [5, 5.41) is 0. The van der Waals surface area contributed by atoms with Crippen molar-refractivity contribution in [3.63, 3.8) is 0 Å². The second kappa shape index (κ2) is 8.55. The number of morpholine rings is 1. The molecule has 0 bridgehead atoms. The van der Waals surface area contributed by atoms with E-state index in [1.165, 1.54) is 12.1 Å². The Labute approximate surface area is 182 Å². The maximum absolute atomic E-state index is 13.6. The van der Waals surface area contributed by atoms with Gasteiger partial charge >= 0.3 is 0 Å². The number of amides is 1. The topological polar surface area (TPSA) is 43.7 Å². The molecule has 162 valence electrons. The second-order valence-corrected chi connectivity index (χ2v) is 8.04. The van der Waals surface area contributed by atoms with Gasteiger partial charge < -0.3 is 18.9 Å². The number of carbonyl (C=O) groups is 1. The molecule has 0 N–H and O–H groups in total. The summed E-state index contributed by atoms with van der Waals surface area (Å²) in [6.45, 7) is 6.99. The second-order valence-electron chi connectivity index (χ2n) is 8.04. The SMILES string of the molecule is COc1cccc(-c2cc(C(=O)N3C[C@@H](C)O[C@H](C)C3)c(C)n2-c2ccc(F)cc2)c1. The van der Waals surface area contributed by atoms with Crippen molar-refractivity contribution >= 4 is 5.91 Å². The molecule has 1 aliphatic rings. The van der Waals surface area contributed by atoms with Crippen molar-refractivity contribution in [1.29, 1.82) is 0 Å². The van der Waals surface area contributed by atoms with E-state index in [1.807, 2.05) is 60.6 Å². The molecule has 5 nitrogen and oxygen atoms in total. The first-order valence-electron chi connectivity index (χ1n) is 10.4. The molecule has 1 aliphatic heterocycles. The zero-order valence-electron chi connectivity index (χ0n) is 18.3. The Balaban J connectivity index is 1.84. The quantitative estimate of drug-likeness (QED) is 0.604. The molecule has 2 heterocycles. The summed E-state index contributed by atoms with van der Waals surface area (Å²) >= 11 is 0. The van der Waals surface area contributed by atoms with Crippen LogP contribution in [-0.4, -0.2) is 47.8 Å². The number of carbonyl (C=O) groups excluding carboxylic acids is 1. The molecule has 31 heavy (non-hydrogen) atoms. The molecule has 0 spiro atoms. The van der Waals surface area contributed by atoms with Crippen molar-refractivity contribution in [3.05, 3.63) is 71.7 Å². The predicted octanol–water partition coefficient (Wildman–Crippen LogP) is 4.85. The van der Waals surface area contributed by atoms with Crippen LogP contribution >= 0.6 is 0 Å². The van der Waals surface area contributed by atoms with E-state index in [1.54, 1.807) is 19.2 Å². The van der Waals surface area contributed by atoms with Crippen molar-refractivity contribution in [1.82, 2.24) is 9.47 Å². The minimum absolute atomic E-state index is 0.00922. The summed E-state index contributed by atoms with van der Waals surface area (Å²) in [6, 6.07) is 15.9. The highest BCUT2D eigenvalue weighted by Crippen LogP contribution is 2.32. The molecular weight excluding hydrogens is 395 g/mol. The Morgan fingerprint density at radius 2 is 1.74 bits per heavy atom. The molecule has 3 aromatic rings. The predicted molar refractivity (Wildman–Crippen MR) is 118 cm³/mol. The van der Waals surface area contributed by atoms with E-state index in [0.717, 1.165) is 28.4 Å². The Morgan fingerprint density at radius 1 is 1.06 bits per heavy atom. The van der Waals surface area contributed by atoms with Crippen LogP contribution in [0.25, 0.3) is 16.9 Å². The average molecular weight is 423 g/mol. The summed E-state index contributed by atoms with van der Waals surface area (Å²) in [6.07, 6.45) is -0.0184. The smallest absolute Gasteiger partial charge is 0.255 e. The molecule has 1 saturated heterocycles. The normalized spacial score (nSPS) is 18.8. The highest BCUT2D eigenvalue weighted by molar-refractivity contribution is 5.97. The van der Waals surface area contributed by atoms with Gasteiger partial charge in [-0.2, -0.15) is 0 Å². The molecule has 0 unspecified atom stereocenters. The van der Waals surface area contributed by atoms with E-state index in [2.05, 4.69) is 0 Å². The molecule has 1 amide bonds. The molecule has 1 aromatic heterocycles. The molecule has 4 rings (SSSR count). The fourth-order valence-corrected chi connectivity index (χ4v) is 4.26. The highest BCUT2D eigenvalue weighted by atomic mass is 19.1. The summed E-state index contributed by atoms with van der Waals surface area (Å²) in [4.78, 5) is 15.3. The van der Waals surface area contributed by atoms with E-state index >= 15 is 0 Å². The molecule has 1 fully saturated rings. The van der Waals surface area contributed by atoms with Gasteiger partial charge in [-0.1, -0.05) is 12.1 Å². The lowest BCUT2D eigenvalue weighted by molar-refractivity contribution is -0.0586. The number of rotatable bonds is 4. The first kappa shape index (κ1) is 21.1. The summed E-state index contributed by atoms with van der Waals surface area (Å²) in [7, 11) is 1.62. The van der Waals surface area contributed by atoms with E-state index in [0.29, 0.717) is 18.7 Å². The number of halogens is 1. The van der Waals surface area contributed by atoms with Crippen molar-refractivity contribution in [2.45, 2.75) is 33.0 Å². The Kier molecular flexibility index (Phi) is 5.83. The van der Waals surface area contributed by atoms with Crippen molar-refractivity contribution in [3.8, 4) is 22.7 Å². The lowest BCUT2D eigenvalue weighted by atomic mass is 10.1. The molecule has 6 heteroatoms. The first-order valence-corrected chi connectivity index (χ1v) is 10.4. The van der Waals surface area contributed by atoms with Crippen LogP contribution in [0.4, 0.5) is 4.39 Å². The van der Waals surface area contributed by atoms with Crippen molar-refractivity contribution in [2.75, 3.05) is 20.2 Å². The molecule has 0 aliphatic carbocycles. The largest absolute Gasteiger partial charge is 0.497 e. The van der Waals surface area contributed by atoms with Gasteiger partial charge in [0.15, 0.2) is 0 Å². The fourth-order valence-electron chi connectivity index (χ4n) is 4.26. The lowest BCUT2D eigenvalue weighted by Gasteiger charge is -2.35. The lowest BCUT2D eigenvalue weighted by Crippen LogP contribution is -2.48. The van der Waals surface area contributed by atoms with Crippen LogP contribution in [0.2, 0.25) is 0 Å². The maximum Gasteiger partial charge on any atom is 0.255 e. The number of ether oxygens (including phenoxy) is 2. The summed E-state index contributed by atoms with van der Waals surface area (Å²) < 4.78 is 26.8. The number of hydrogen-bond acceptors (Lipinski definition) is 3. The first-order chi connectivity index (χ1) is 14.9. The highest BCUT2D eigenvalue weighted by Gasteiger charge is 2.29. The maximum atomic E-state index is 13.6. The van der Waals surface area contributed by atoms with Gasteiger partial charge in [0, 0.05) is 30.0 Å². The van der Waals surface area contributed by atoms with Gasteiger partial charge in [-0.25, -0.2) is 4.39 Å². The third-order valence-electron chi connectivity index (χ3n) is 5.63. The number of aromatic nitrogens is 1. The third-order valence-corrected chi connectivity index (χ3v) is 5.63. The van der Waals surface area contributed by atoms with Gasteiger partial charge in [-0.05, 0) is 63.2 Å². The fraction of sp³-hybridized carbons (Fsp3) is 0.320. The zero-order chi connectivity index (χ0) is 22.1. The Hall–Kier alpha value is -3.12. The van der Waals surface area contributed by atoms with Crippen molar-refractivity contribution in [2.24, 2.45) is 0 Å². The number of methoxy groups -OCH3 is 1. The van der Waals surface area contributed by atoms with Crippen molar-refractivity contribution < 1.29 is 18.7 Å². The number of nitrogens with zero attached hydrogens (tertiary/aromatic N) is 2. The van der Waals surface area contributed by atoms with E-state index in [9.17, 15) is 9.18 Å². The van der Waals surface area contributed by atoms with Crippen LogP contribution in [-0.2, 0) is 4.74 Å². The standard InChI is InChI=1S/C25H27FN2O3/c1-16-14-27(15-17(2)31-16)25(29)23-13-24(19-6-5-7-22(12-19)30-4)28(18(23)3)21-10-8-20(26)9-11-21/h5-13,16-17H,14-15H2,1-4H3/t16-,17-/m1/s1. The Morgan fingerprint density at radius 3 is 2.39 bits per heavy atom. The number of hydrogen-bond donors (Lipinski definition) is 0. The van der Waals surface area contributed by atoms with E-state index < -0.39 is 0 Å². The van der Waals surface area contributed by atoms with Crippen LogP contribution in [0.15, 0.2) is 54.6 Å². The minimum atomic E-state index is -0.302. The van der Waals surface area contributed by atoms with Crippen LogP contribution in [0, 0.1) is 12.7 Å². The third kappa shape index (κ3) is 4.21.